The van der Waals surface area contributed by atoms with E-state index in [1.807, 2.05) is 0 Å². The minimum atomic E-state index is -0.136. The van der Waals surface area contributed by atoms with Crippen molar-refractivity contribution in [2.45, 2.75) is 25.7 Å². The lowest BCUT2D eigenvalue weighted by Crippen LogP contribution is -2.28. The molecule has 2 rings (SSSR count). The normalized spacial score (nSPS) is 15.7. The van der Waals surface area contributed by atoms with Gasteiger partial charge in [-0.2, -0.15) is 0 Å². The average molecular weight is 269 g/mol. The van der Waals surface area contributed by atoms with E-state index in [9.17, 15) is 4.79 Å². The molecule has 5 nitrogen and oxygen atoms in total. The highest BCUT2D eigenvalue weighted by Gasteiger charge is 2.16. The molecule has 6 heteroatoms. The molecule has 0 bridgehead atoms. The molecule has 0 atom stereocenters. The van der Waals surface area contributed by atoms with Crippen molar-refractivity contribution < 1.29 is 4.79 Å². The van der Waals surface area contributed by atoms with Gasteiger partial charge in [0.1, 0.15) is 11.0 Å². The van der Waals surface area contributed by atoms with Crippen LogP contribution in [0.3, 0.4) is 0 Å². The van der Waals surface area contributed by atoms with Gasteiger partial charge in [-0.05, 0) is 30.9 Å². The number of rotatable bonds is 4. The summed E-state index contributed by atoms with van der Waals surface area (Å²) in [6.07, 6.45) is 4.94. The van der Waals surface area contributed by atoms with Crippen LogP contribution < -0.4 is 16.6 Å². The van der Waals surface area contributed by atoms with Crippen molar-refractivity contribution >= 4 is 23.3 Å². The highest BCUT2D eigenvalue weighted by molar-refractivity contribution is 6.29. The van der Waals surface area contributed by atoms with Crippen molar-refractivity contribution in [2.24, 2.45) is 11.8 Å². The van der Waals surface area contributed by atoms with Gasteiger partial charge in [0, 0.05) is 12.1 Å². The van der Waals surface area contributed by atoms with Crippen molar-refractivity contribution in [3.05, 3.63) is 22.8 Å². The highest BCUT2D eigenvalue weighted by atomic mass is 35.5. The number of anilines is 1. The van der Waals surface area contributed by atoms with Gasteiger partial charge in [-0.15, -0.1) is 0 Å². The van der Waals surface area contributed by atoms with Gasteiger partial charge in [0.15, 0.2) is 0 Å². The number of hydrogen-bond donors (Lipinski definition) is 3. The Morgan fingerprint density at radius 3 is 2.83 bits per heavy atom. The summed E-state index contributed by atoms with van der Waals surface area (Å²) in [5.74, 6) is 6.11. The van der Waals surface area contributed by atoms with E-state index in [4.69, 9.17) is 17.4 Å². The number of pyridine rings is 1. The van der Waals surface area contributed by atoms with Crippen LogP contribution >= 0.6 is 11.6 Å². The third-order valence-electron chi connectivity index (χ3n) is 3.23. The minimum Gasteiger partial charge on any atom is -0.352 e. The lowest BCUT2D eigenvalue weighted by atomic mass is 10.1. The smallest absolute Gasteiger partial charge is 0.251 e. The predicted octanol–water partition coefficient (Wildman–Crippen LogP) is 1.94. The number of hydrazine groups is 1. The van der Waals surface area contributed by atoms with E-state index in [2.05, 4.69) is 15.7 Å². The van der Waals surface area contributed by atoms with E-state index in [0.717, 1.165) is 6.54 Å². The van der Waals surface area contributed by atoms with Gasteiger partial charge < -0.3 is 10.7 Å². The number of halogens is 1. The van der Waals surface area contributed by atoms with E-state index in [1.54, 1.807) is 6.07 Å². The first-order valence-corrected chi connectivity index (χ1v) is 6.49. The van der Waals surface area contributed by atoms with E-state index in [0.29, 0.717) is 17.3 Å². The number of nitrogens with zero attached hydrogens (tertiary/aromatic N) is 1. The van der Waals surface area contributed by atoms with Crippen LogP contribution in [-0.4, -0.2) is 17.4 Å². The summed E-state index contributed by atoms with van der Waals surface area (Å²) in [6.45, 7) is 0.726. The molecule has 18 heavy (non-hydrogen) atoms. The van der Waals surface area contributed by atoms with Crippen LogP contribution in [0.2, 0.25) is 5.15 Å². The molecular weight excluding hydrogens is 252 g/mol. The fourth-order valence-electron chi connectivity index (χ4n) is 2.26. The Labute approximate surface area is 111 Å². The van der Waals surface area contributed by atoms with Crippen LogP contribution in [0.15, 0.2) is 12.1 Å². The van der Waals surface area contributed by atoms with Crippen LogP contribution in [0.1, 0.15) is 36.0 Å². The van der Waals surface area contributed by atoms with Crippen molar-refractivity contribution in [1.82, 2.24) is 10.3 Å². The summed E-state index contributed by atoms with van der Waals surface area (Å²) in [4.78, 5) is 15.9. The molecule has 98 valence electrons. The predicted molar refractivity (Wildman–Crippen MR) is 71.3 cm³/mol. The molecule has 0 aromatic carbocycles. The summed E-state index contributed by atoms with van der Waals surface area (Å²) in [7, 11) is 0. The summed E-state index contributed by atoms with van der Waals surface area (Å²) in [6, 6.07) is 3.11. The number of nitrogens with two attached hydrogens (primary N) is 1. The number of carbonyl (C=O) groups excluding carboxylic acids is 1. The Morgan fingerprint density at radius 1 is 1.44 bits per heavy atom. The van der Waals surface area contributed by atoms with Crippen molar-refractivity contribution in [3.8, 4) is 0 Å². The molecule has 1 amide bonds. The summed E-state index contributed by atoms with van der Waals surface area (Å²) in [5.41, 5.74) is 2.86. The Morgan fingerprint density at radius 2 is 2.17 bits per heavy atom. The number of amides is 1. The lowest BCUT2D eigenvalue weighted by Gasteiger charge is -2.11. The fraction of sp³-hybridized carbons (Fsp3) is 0.500. The molecule has 0 unspecified atom stereocenters. The van der Waals surface area contributed by atoms with Crippen LogP contribution in [-0.2, 0) is 0 Å². The van der Waals surface area contributed by atoms with Crippen LogP contribution in [0.25, 0.3) is 0 Å². The average Bonchev–Trinajstić information content (AvgIpc) is 2.88. The van der Waals surface area contributed by atoms with Gasteiger partial charge in [-0.3, -0.25) is 4.79 Å². The number of aromatic nitrogens is 1. The minimum absolute atomic E-state index is 0.136. The summed E-state index contributed by atoms with van der Waals surface area (Å²) >= 11 is 5.81. The molecule has 4 N–H and O–H groups in total. The van der Waals surface area contributed by atoms with Crippen molar-refractivity contribution in [1.29, 1.82) is 0 Å². The van der Waals surface area contributed by atoms with E-state index >= 15 is 0 Å². The second-order valence-electron chi connectivity index (χ2n) is 4.57. The van der Waals surface area contributed by atoms with Gasteiger partial charge in [-0.25, -0.2) is 10.8 Å². The van der Waals surface area contributed by atoms with Gasteiger partial charge in [0.05, 0.1) is 0 Å². The first-order chi connectivity index (χ1) is 8.69. The fourth-order valence-corrected chi connectivity index (χ4v) is 2.46. The second kappa shape index (κ2) is 6.02. The van der Waals surface area contributed by atoms with Crippen molar-refractivity contribution in [3.63, 3.8) is 0 Å². The van der Waals surface area contributed by atoms with Crippen LogP contribution in [0.5, 0.6) is 0 Å². The van der Waals surface area contributed by atoms with Crippen LogP contribution in [0.4, 0.5) is 5.82 Å². The largest absolute Gasteiger partial charge is 0.352 e. The molecule has 0 aliphatic heterocycles. The maximum Gasteiger partial charge on any atom is 0.251 e. The van der Waals surface area contributed by atoms with Gasteiger partial charge in [0.25, 0.3) is 5.91 Å². The molecule has 1 saturated carbocycles. The van der Waals surface area contributed by atoms with E-state index in [1.165, 1.54) is 31.7 Å². The van der Waals surface area contributed by atoms with E-state index < -0.39 is 0 Å². The molecule has 1 aliphatic carbocycles. The van der Waals surface area contributed by atoms with Crippen LogP contribution in [0, 0.1) is 5.92 Å². The highest BCUT2D eigenvalue weighted by Crippen LogP contribution is 2.23. The molecular formula is C12H17ClN4O. The zero-order valence-electron chi connectivity index (χ0n) is 10.1. The standard InChI is InChI=1S/C12H17ClN4O/c13-10-5-9(6-11(16-10)17-14)12(18)15-7-8-3-1-2-4-8/h5-6,8H,1-4,7,14H2,(H,15,18)(H,16,17). The monoisotopic (exact) mass is 268 g/mol. The molecule has 1 fully saturated rings. The maximum atomic E-state index is 12.0. The van der Waals surface area contributed by atoms with Gasteiger partial charge in [0.2, 0.25) is 0 Å². The molecule has 1 heterocycles. The Balaban J connectivity index is 1.97. The third kappa shape index (κ3) is 3.34. The van der Waals surface area contributed by atoms with Gasteiger partial charge in [-0.1, -0.05) is 24.4 Å². The second-order valence-corrected chi connectivity index (χ2v) is 4.96. The SMILES string of the molecule is NNc1cc(C(=O)NCC2CCCC2)cc(Cl)n1. The number of nitrogens with one attached hydrogen (secondary N) is 2. The number of hydrogen-bond acceptors (Lipinski definition) is 4. The van der Waals surface area contributed by atoms with Crippen molar-refractivity contribution in [2.75, 3.05) is 12.0 Å². The molecule has 1 aromatic rings. The Bertz CT molecular complexity index is 432. The zero-order valence-corrected chi connectivity index (χ0v) is 10.8. The Kier molecular flexibility index (Phi) is 4.38. The first-order valence-electron chi connectivity index (χ1n) is 6.11. The maximum absolute atomic E-state index is 12.0. The lowest BCUT2D eigenvalue weighted by molar-refractivity contribution is 0.0947. The Hall–Kier alpha value is -1.33. The number of nitrogen functional groups attached to an aromatic ring is 1. The topological polar surface area (TPSA) is 80.0 Å². The first kappa shape index (κ1) is 13.1. The third-order valence-corrected chi connectivity index (χ3v) is 3.42. The number of carbonyl (C=O) groups is 1. The molecule has 1 aliphatic rings. The molecule has 1 aromatic heterocycles. The van der Waals surface area contributed by atoms with Gasteiger partial charge >= 0.3 is 0 Å². The zero-order chi connectivity index (χ0) is 13.0. The quantitative estimate of drug-likeness (QED) is 0.443. The molecule has 0 radical (unpaired) electrons. The summed E-state index contributed by atoms with van der Waals surface area (Å²) in [5, 5.41) is 3.17. The van der Waals surface area contributed by atoms with E-state index in [-0.39, 0.29) is 11.1 Å². The molecule has 0 spiro atoms. The summed E-state index contributed by atoms with van der Waals surface area (Å²) < 4.78 is 0. The molecule has 0 saturated heterocycles.